The standard InChI is InChI=1S/C7H5ClN2/c8-6-2-1-5-4-9-10-7(5)3-6/h1-5H/t5-/m1/s1. The number of hydrogen-bond acceptors (Lipinski definition) is 2. The maximum atomic E-state index is 5.72. The Morgan fingerprint density at radius 3 is 3.30 bits per heavy atom. The number of fused-ring (bicyclic) bond motifs is 1. The first-order valence-electron chi connectivity index (χ1n) is 3.03. The van der Waals surface area contributed by atoms with Crippen molar-refractivity contribution in [1.29, 1.82) is 0 Å². The van der Waals surface area contributed by atoms with Crippen LogP contribution >= 0.6 is 11.6 Å². The molecule has 1 heterocycles. The van der Waals surface area contributed by atoms with Crippen LogP contribution in [0, 0.1) is 5.92 Å². The first kappa shape index (κ1) is 5.86. The summed E-state index contributed by atoms with van der Waals surface area (Å²) in [6.45, 7) is 0. The average molecular weight is 153 g/mol. The van der Waals surface area contributed by atoms with Crippen molar-refractivity contribution in [1.82, 2.24) is 0 Å². The van der Waals surface area contributed by atoms with E-state index in [-0.39, 0.29) is 5.92 Å². The fraction of sp³-hybridized carbons (Fsp3) is 0.143. The third kappa shape index (κ3) is 0.809. The molecule has 1 atom stereocenters. The minimum Gasteiger partial charge on any atom is -0.162 e. The third-order valence-electron chi connectivity index (χ3n) is 1.49. The lowest BCUT2D eigenvalue weighted by Crippen LogP contribution is -2.09. The van der Waals surface area contributed by atoms with E-state index in [4.69, 9.17) is 11.6 Å². The average Bonchev–Trinajstić information content (AvgIpc) is 2.33. The van der Waals surface area contributed by atoms with Crippen molar-refractivity contribution in [2.24, 2.45) is 16.1 Å². The van der Waals surface area contributed by atoms with Crippen LogP contribution in [-0.2, 0) is 0 Å². The molecule has 2 rings (SSSR count). The molecule has 0 aromatic heterocycles. The summed E-state index contributed by atoms with van der Waals surface area (Å²) < 4.78 is 0. The van der Waals surface area contributed by atoms with Gasteiger partial charge in [-0.2, -0.15) is 10.2 Å². The van der Waals surface area contributed by atoms with E-state index in [2.05, 4.69) is 10.2 Å². The molecular weight excluding hydrogens is 148 g/mol. The van der Waals surface area contributed by atoms with E-state index in [9.17, 15) is 0 Å². The summed E-state index contributed by atoms with van der Waals surface area (Å²) in [5.74, 6) is 0.266. The van der Waals surface area contributed by atoms with Gasteiger partial charge in [-0.1, -0.05) is 17.7 Å². The topological polar surface area (TPSA) is 24.7 Å². The van der Waals surface area contributed by atoms with E-state index in [1.54, 1.807) is 6.21 Å². The van der Waals surface area contributed by atoms with Crippen molar-refractivity contribution in [3.63, 3.8) is 0 Å². The zero-order valence-corrected chi connectivity index (χ0v) is 5.92. The summed E-state index contributed by atoms with van der Waals surface area (Å²) in [6.07, 6.45) is 7.48. The molecular formula is C7H5ClN2. The highest BCUT2D eigenvalue weighted by atomic mass is 35.5. The Hall–Kier alpha value is -0.890. The van der Waals surface area contributed by atoms with Crippen molar-refractivity contribution in [2.45, 2.75) is 0 Å². The van der Waals surface area contributed by atoms with Gasteiger partial charge in [0.2, 0.25) is 0 Å². The summed E-state index contributed by atoms with van der Waals surface area (Å²) in [4.78, 5) is 0. The molecule has 1 aliphatic heterocycles. The maximum Gasteiger partial charge on any atom is 0.0768 e. The maximum absolute atomic E-state index is 5.72. The number of halogens is 1. The van der Waals surface area contributed by atoms with Gasteiger partial charge in [-0.25, -0.2) is 0 Å². The minimum absolute atomic E-state index is 0.266. The van der Waals surface area contributed by atoms with E-state index < -0.39 is 0 Å². The monoisotopic (exact) mass is 152 g/mol. The van der Waals surface area contributed by atoms with E-state index in [1.165, 1.54) is 0 Å². The molecule has 0 amide bonds. The Morgan fingerprint density at radius 2 is 2.40 bits per heavy atom. The fourth-order valence-corrected chi connectivity index (χ4v) is 1.16. The van der Waals surface area contributed by atoms with Gasteiger partial charge in [0.15, 0.2) is 0 Å². The fourth-order valence-electron chi connectivity index (χ4n) is 0.973. The number of allylic oxidation sites excluding steroid dienone is 4. The van der Waals surface area contributed by atoms with Gasteiger partial charge in [0.25, 0.3) is 0 Å². The van der Waals surface area contributed by atoms with Crippen LogP contribution in [0.2, 0.25) is 0 Å². The van der Waals surface area contributed by atoms with Crippen molar-refractivity contribution < 1.29 is 0 Å². The Labute approximate surface area is 63.6 Å². The highest BCUT2D eigenvalue weighted by Crippen LogP contribution is 2.18. The van der Waals surface area contributed by atoms with Gasteiger partial charge < -0.3 is 0 Å². The molecule has 0 saturated carbocycles. The van der Waals surface area contributed by atoms with Gasteiger partial charge >= 0.3 is 0 Å². The Kier molecular flexibility index (Phi) is 1.21. The van der Waals surface area contributed by atoms with Gasteiger partial charge in [0, 0.05) is 11.2 Å². The molecule has 2 nitrogen and oxygen atoms in total. The van der Waals surface area contributed by atoms with Gasteiger partial charge in [-0.3, -0.25) is 0 Å². The molecule has 0 fully saturated rings. The quantitative estimate of drug-likeness (QED) is 0.505. The number of nitrogens with zero attached hydrogens (tertiary/aromatic N) is 2. The highest BCUT2D eigenvalue weighted by Gasteiger charge is 2.16. The summed E-state index contributed by atoms with van der Waals surface area (Å²) in [6, 6.07) is 0. The molecule has 0 bridgehead atoms. The van der Waals surface area contributed by atoms with Crippen molar-refractivity contribution in [2.75, 3.05) is 0 Å². The van der Waals surface area contributed by atoms with Gasteiger partial charge in [-0.05, 0) is 12.2 Å². The van der Waals surface area contributed by atoms with Crippen molar-refractivity contribution >= 4 is 23.5 Å². The molecule has 0 saturated heterocycles. The molecule has 50 valence electrons. The summed E-state index contributed by atoms with van der Waals surface area (Å²) in [5.41, 5.74) is 0.938. The van der Waals surface area contributed by atoms with Gasteiger partial charge in [0.1, 0.15) is 0 Å². The lowest BCUT2D eigenvalue weighted by molar-refractivity contribution is 1.26. The Bertz CT molecular complexity index is 273. The number of rotatable bonds is 0. The second-order valence-electron chi connectivity index (χ2n) is 2.20. The molecule has 0 unspecified atom stereocenters. The SMILES string of the molecule is ClC1=CC2=NN=C[C@H]2C=C1. The first-order valence-corrected chi connectivity index (χ1v) is 3.40. The zero-order valence-electron chi connectivity index (χ0n) is 5.16. The molecule has 0 aromatic carbocycles. The van der Waals surface area contributed by atoms with E-state index in [0.29, 0.717) is 0 Å². The van der Waals surface area contributed by atoms with Crippen LogP contribution in [0.15, 0.2) is 33.5 Å². The highest BCUT2D eigenvalue weighted by molar-refractivity contribution is 6.34. The smallest absolute Gasteiger partial charge is 0.0768 e. The van der Waals surface area contributed by atoms with Crippen LogP contribution in [0.5, 0.6) is 0 Å². The first-order chi connectivity index (χ1) is 4.86. The van der Waals surface area contributed by atoms with Crippen LogP contribution < -0.4 is 0 Å². The Morgan fingerprint density at radius 1 is 1.50 bits per heavy atom. The Balaban J connectivity index is 2.39. The molecule has 0 aromatic rings. The largest absolute Gasteiger partial charge is 0.162 e. The minimum atomic E-state index is 0.266. The van der Waals surface area contributed by atoms with Crippen LogP contribution in [-0.4, -0.2) is 11.9 Å². The summed E-state index contributed by atoms with van der Waals surface area (Å²) >= 11 is 5.72. The van der Waals surface area contributed by atoms with Crippen LogP contribution in [0.1, 0.15) is 0 Å². The van der Waals surface area contributed by atoms with E-state index >= 15 is 0 Å². The number of hydrogen-bond donors (Lipinski definition) is 0. The molecule has 2 aliphatic rings. The van der Waals surface area contributed by atoms with E-state index in [0.717, 1.165) is 10.7 Å². The molecule has 0 spiro atoms. The lowest BCUT2D eigenvalue weighted by Gasteiger charge is -2.05. The van der Waals surface area contributed by atoms with Crippen molar-refractivity contribution in [3.8, 4) is 0 Å². The van der Waals surface area contributed by atoms with Crippen LogP contribution in [0.4, 0.5) is 0 Å². The second-order valence-corrected chi connectivity index (χ2v) is 2.64. The second kappa shape index (κ2) is 2.06. The molecule has 0 N–H and O–H groups in total. The zero-order chi connectivity index (χ0) is 6.97. The normalized spacial score (nSPS) is 27.9. The van der Waals surface area contributed by atoms with Crippen LogP contribution in [0.25, 0.3) is 0 Å². The summed E-state index contributed by atoms with van der Waals surface area (Å²) in [7, 11) is 0. The predicted molar refractivity (Wildman–Crippen MR) is 42.5 cm³/mol. The molecule has 1 aliphatic carbocycles. The predicted octanol–water partition coefficient (Wildman–Crippen LogP) is 1.74. The van der Waals surface area contributed by atoms with E-state index in [1.807, 2.05) is 18.2 Å². The lowest BCUT2D eigenvalue weighted by atomic mass is 10.0. The molecule has 3 heteroatoms. The molecule has 0 radical (unpaired) electrons. The molecule has 10 heavy (non-hydrogen) atoms. The van der Waals surface area contributed by atoms with Crippen molar-refractivity contribution in [3.05, 3.63) is 23.3 Å². The third-order valence-corrected chi connectivity index (χ3v) is 1.73. The summed E-state index contributed by atoms with van der Waals surface area (Å²) in [5, 5.41) is 8.38. The van der Waals surface area contributed by atoms with Crippen LogP contribution in [0.3, 0.4) is 0 Å². The van der Waals surface area contributed by atoms with Gasteiger partial charge in [-0.15, -0.1) is 0 Å². The van der Waals surface area contributed by atoms with Gasteiger partial charge in [0.05, 0.1) is 11.6 Å².